The van der Waals surface area contributed by atoms with Crippen LogP contribution in [0, 0.1) is 0 Å². The molecule has 0 unspecified atom stereocenters. The van der Waals surface area contributed by atoms with Crippen molar-refractivity contribution in [2.75, 3.05) is 13.7 Å². The van der Waals surface area contributed by atoms with Gasteiger partial charge in [-0.25, -0.2) is 0 Å². The molecule has 7 heteroatoms. The number of phenols is 3. The Hall–Kier alpha value is -2.93. The summed E-state index contributed by atoms with van der Waals surface area (Å²) in [4.78, 5) is 10.3. The predicted octanol–water partition coefficient (Wildman–Crippen LogP) is 1.63. The number of phenolic OH excluding ortho intramolecular Hbond substituents is 3. The van der Waals surface area contributed by atoms with Gasteiger partial charge in [-0.1, -0.05) is 12.1 Å². The largest absolute Gasteiger partial charge is 0.504 e. The molecule has 24 heavy (non-hydrogen) atoms. The molecule has 0 amide bonds. The van der Waals surface area contributed by atoms with Gasteiger partial charge in [0.15, 0.2) is 23.0 Å². The Morgan fingerprint density at radius 1 is 1.00 bits per heavy atom. The molecule has 6 N–H and O–H groups in total. The first kappa shape index (κ1) is 19.1. The molecule has 0 aliphatic heterocycles. The number of carbonyl (C=O) groups is 1. The van der Waals surface area contributed by atoms with E-state index in [-0.39, 0.29) is 23.7 Å². The first-order chi connectivity index (χ1) is 11.4. The normalized spacial score (nSPS) is 9.75. The molecule has 0 bridgehead atoms. The van der Waals surface area contributed by atoms with Crippen molar-refractivity contribution in [2.45, 2.75) is 12.8 Å². The number of benzene rings is 2. The standard InChI is InChI=1S/C9H10O4.C8H11NO2/c1-13-8-4-6(5-9(11)12)2-3-7(8)10;9-4-3-6-1-2-7(10)8(11)5-6/h2-4,10H,5H2,1H3,(H,11,12);1-2,5,10-11H,3-4,9H2. The van der Waals surface area contributed by atoms with Crippen LogP contribution in [0.15, 0.2) is 36.4 Å². The van der Waals surface area contributed by atoms with Gasteiger partial charge in [0.25, 0.3) is 0 Å². The van der Waals surface area contributed by atoms with Crippen molar-refractivity contribution in [3.05, 3.63) is 47.5 Å². The second kappa shape index (κ2) is 9.26. The SMILES string of the molecule is COc1cc(CC(=O)O)ccc1O.NCCc1ccc(O)c(O)c1. The number of hydrogen-bond donors (Lipinski definition) is 5. The minimum Gasteiger partial charge on any atom is -0.504 e. The van der Waals surface area contributed by atoms with Crippen molar-refractivity contribution in [1.29, 1.82) is 0 Å². The second-order valence-electron chi connectivity index (χ2n) is 4.94. The molecule has 0 aliphatic carbocycles. The maximum Gasteiger partial charge on any atom is 0.307 e. The summed E-state index contributed by atoms with van der Waals surface area (Å²) < 4.78 is 4.82. The molecule has 2 rings (SSSR count). The molecule has 0 aromatic heterocycles. The Labute approximate surface area is 139 Å². The number of aromatic hydroxyl groups is 3. The number of carboxylic acid groups (broad SMARTS) is 1. The van der Waals surface area contributed by atoms with E-state index in [0.717, 1.165) is 5.56 Å². The highest BCUT2D eigenvalue weighted by atomic mass is 16.5. The third-order valence-corrected chi connectivity index (χ3v) is 3.07. The molecule has 0 heterocycles. The third-order valence-electron chi connectivity index (χ3n) is 3.07. The molecule has 0 saturated heterocycles. The van der Waals surface area contributed by atoms with Gasteiger partial charge in [-0.05, 0) is 48.4 Å². The average molecular weight is 335 g/mol. The Balaban J connectivity index is 0.000000243. The van der Waals surface area contributed by atoms with Gasteiger partial charge in [-0.2, -0.15) is 0 Å². The lowest BCUT2D eigenvalue weighted by Gasteiger charge is -2.04. The maximum absolute atomic E-state index is 10.3. The van der Waals surface area contributed by atoms with E-state index in [1.807, 2.05) is 0 Å². The summed E-state index contributed by atoms with van der Waals surface area (Å²) in [6, 6.07) is 9.18. The zero-order chi connectivity index (χ0) is 18.1. The summed E-state index contributed by atoms with van der Waals surface area (Å²) in [6.07, 6.45) is 0.643. The molecule has 0 spiro atoms. The molecule has 0 fully saturated rings. The average Bonchev–Trinajstić information content (AvgIpc) is 2.53. The summed E-state index contributed by atoms with van der Waals surface area (Å²) in [6.45, 7) is 0.546. The van der Waals surface area contributed by atoms with Gasteiger partial charge in [0.1, 0.15) is 0 Å². The van der Waals surface area contributed by atoms with Crippen LogP contribution >= 0.6 is 0 Å². The highest BCUT2D eigenvalue weighted by Crippen LogP contribution is 2.26. The molecule has 2 aromatic rings. The van der Waals surface area contributed by atoms with Crippen LogP contribution in [0.2, 0.25) is 0 Å². The summed E-state index contributed by atoms with van der Waals surface area (Å²) in [7, 11) is 1.42. The lowest BCUT2D eigenvalue weighted by atomic mass is 10.1. The molecule has 0 radical (unpaired) electrons. The van der Waals surface area contributed by atoms with Crippen molar-refractivity contribution in [2.24, 2.45) is 5.73 Å². The van der Waals surface area contributed by atoms with Crippen LogP contribution in [0.4, 0.5) is 0 Å². The minimum atomic E-state index is -0.909. The molecule has 7 nitrogen and oxygen atoms in total. The monoisotopic (exact) mass is 335 g/mol. The van der Waals surface area contributed by atoms with Crippen LogP contribution in [0.1, 0.15) is 11.1 Å². The predicted molar refractivity (Wildman–Crippen MR) is 88.5 cm³/mol. The Morgan fingerprint density at radius 2 is 1.62 bits per heavy atom. The van der Waals surface area contributed by atoms with Crippen molar-refractivity contribution < 1.29 is 30.0 Å². The van der Waals surface area contributed by atoms with E-state index >= 15 is 0 Å². The highest BCUT2D eigenvalue weighted by molar-refractivity contribution is 5.70. The topological polar surface area (TPSA) is 133 Å². The fourth-order valence-electron chi connectivity index (χ4n) is 1.90. The molecule has 0 saturated carbocycles. The van der Waals surface area contributed by atoms with E-state index in [1.165, 1.54) is 31.4 Å². The van der Waals surface area contributed by atoms with Crippen LogP contribution in [-0.4, -0.2) is 40.0 Å². The van der Waals surface area contributed by atoms with Crippen LogP contribution in [0.25, 0.3) is 0 Å². The quantitative estimate of drug-likeness (QED) is 0.524. The van der Waals surface area contributed by atoms with Gasteiger partial charge in [-0.15, -0.1) is 0 Å². The first-order valence-corrected chi connectivity index (χ1v) is 7.16. The Bertz CT molecular complexity index is 687. The van der Waals surface area contributed by atoms with E-state index in [9.17, 15) is 9.90 Å². The van der Waals surface area contributed by atoms with Gasteiger partial charge >= 0.3 is 5.97 Å². The smallest absolute Gasteiger partial charge is 0.307 e. The zero-order valence-electron chi connectivity index (χ0n) is 13.3. The lowest BCUT2D eigenvalue weighted by Crippen LogP contribution is -2.02. The van der Waals surface area contributed by atoms with Gasteiger partial charge < -0.3 is 30.9 Å². The number of hydrogen-bond acceptors (Lipinski definition) is 6. The minimum absolute atomic E-state index is 0.0108. The summed E-state index contributed by atoms with van der Waals surface area (Å²) in [5.74, 6) is -0.787. The number of rotatable bonds is 5. The molecule has 0 atom stereocenters. The zero-order valence-corrected chi connectivity index (χ0v) is 13.3. The van der Waals surface area contributed by atoms with E-state index < -0.39 is 5.97 Å². The lowest BCUT2D eigenvalue weighted by molar-refractivity contribution is -0.136. The molecular weight excluding hydrogens is 314 g/mol. The van der Waals surface area contributed by atoms with Crippen LogP contribution < -0.4 is 10.5 Å². The van der Waals surface area contributed by atoms with Crippen LogP contribution in [0.5, 0.6) is 23.0 Å². The van der Waals surface area contributed by atoms with Crippen LogP contribution in [-0.2, 0) is 17.6 Å². The number of aliphatic carboxylic acids is 1. The molecule has 130 valence electrons. The van der Waals surface area contributed by atoms with Gasteiger partial charge in [-0.3, -0.25) is 4.79 Å². The second-order valence-corrected chi connectivity index (χ2v) is 4.94. The fourth-order valence-corrected chi connectivity index (χ4v) is 1.90. The first-order valence-electron chi connectivity index (χ1n) is 7.16. The number of nitrogens with two attached hydrogens (primary N) is 1. The third kappa shape index (κ3) is 6.05. The fraction of sp³-hybridized carbons (Fsp3) is 0.235. The Morgan fingerprint density at radius 3 is 2.17 bits per heavy atom. The van der Waals surface area contributed by atoms with E-state index in [0.29, 0.717) is 24.3 Å². The van der Waals surface area contributed by atoms with E-state index in [1.54, 1.807) is 12.1 Å². The van der Waals surface area contributed by atoms with Crippen molar-refractivity contribution >= 4 is 5.97 Å². The number of carboxylic acids is 1. The summed E-state index contributed by atoms with van der Waals surface area (Å²) >= 11 is 0. The number of methoxy groups -OCH3 is 1. The summed E-state index contributed by atoms with van der Waals surface area (Å²) in [5, 5.41) is 35.7. The van der Waals surface area contributed by atoms with E-state index in [2.05, 4.69) is 0 Å². The summed E-state index contributed by atoms with van der Waals surface area (Å²) in [5.41, 5.74) is 6.84. The van der Waals surface area contributed by atoms with E-state index in [4.69, 9.17) is 25.8 Å². The highest BCUT2D eigenvalue weighted by Gasteiger charge is 2.05. The van der Waals surface area contributed by atoms with Crippen molar-refractivity contribution in [3.63, 3.8) is 0 Å². The molecule has 0 aliphatic rings. The van der Waals surface area contributed by atoms with Gasteiger partial charge in [0.05, 0.1) is 13.5 Å². The Kier molecular flexibility index (Phi) is 7.38. The van der Waals surface area contributed by atoms with Crippen molar-refractivity contribution in [3.8, 4) is 23.0 Å². The number of ether oxygens (including phenoxy) is 1. The van der Waals surface area contributed by atoms with Gasteiger partial charge in [0, 0.05) is 0 Å². The molecular formula is C17H21NO6. The van der Waals surface area contributed by atoms with Crippen molar-refractivity contribution in [1.82, 2.24) is 0 Å². The maximum atomic E-state index is 10.3. The molecule has 2 aromatic carbocycles. The van der Waals surface area contributed by atoms with Gasteiger partial charge in [0.2, 0.25) is 0 Å². The van der Waals surface area contributed by atoms with Crippen LogP contribution in [0.3, 0.4) is 0 Å².